The van der Waals surface area contributed by atoms with Crippen LogP contribution in [0.25, 0.3) is 5.65 Å². The Morgan fingerprint density at radius 3 is 2.67 bits per heavy atom. The zero-order chi connectivity index (χ0) is 10.9. The van der Waals surface area contributed by atoms with Gasteiger partial charge < -0.3 is 4.40 Å². The molecule has 2 aromatic heterocycles. The first-order chi connectivity index (χ1) is 7.21. The predicted octanol–water partition coefficient (Wildman–Crippen LogP) is 2.81. The van der Waals surface area contributed by atoms with E-state index in [2.05, 4.69) is 35.1 Å². The second-order valence-corrected chi connectivity index (χ2v) is 4.22. The molecule has 3 nitrogen and oxygen atoms in total. The van der Waals surface area contributed by atoms with Gasteiger partial charge in [0, 0.05) is 29.7 Å². The Labute approximate surface area is 90.2 Å². The van der Waals surface area contributed by atoms with E-state index in [1.807, 2.05) is 18.6 Å². The molecule has 2 heterocycles. The van der Waals surface area contributed by atoms with Crippen LogP contribution in [-0.2, 0) is 5.41 Å². The molecule has 15 heavy (non-hydrogen) atoms. The third-order valence-electron chi connectivity index (χ3n) is 3.50. The molecule has 0 N–H and O–H groups in total. The molecule has 0 aromatic carbocycles. The number of hydrogen-bond donors (Lipinski definition) is 0. The van der Waals surface area contributed by atoms with E-state index < -0.39 is 0 Å². The molecule has 0 aliphatic heterocycles. The Morgan fingerprint density at radius 2 is 2.00 bits per heavy atom. The van der Waals surface area contributed by atoms with E-state index in [-0.39, 0.29) is 5.41 Å². The second kappa shape index (κ2) is 3.65. The highest BCUT2D eigenvalue weighted by atomic mass is 15.0. The fourth-order valence-corrected chi connectivity index (χ4v) is 1.90. The molecule has 0 saturated carbocycles. The first kappa shape index (κ1) is 10.1. The average Bonchev–Trinajstić information content (AvgIpc) is 2.72. The lowest BCUT2D eigenvalue weighted by molar-refractivity contribution is 0.423. The standard InChI is InChI=1S/C12H17N3/c1-4-12(3,5-2)10-8-14-11-9-13-6-7-15(10)11/h6-9H,4-5H2,1-3H3. The molecular formula is C12H17N3. The van der Waals surface area contributed by atoms with Crippen molar-refractivity contribution in [3.63, 3.8) is 0 Å². The maximum absolute atomic E-state index is 4.38. The summed E-state index contributed by atoms with van der Waals surface area (Å²) in [5.74, 6) is 0. The normalized spacial score (nSPS) is 12.2. The molecule has 0 spiro atoms. The molecule has 3 heteroatoms. The lowest BCUT2D eigenvalue weighted by atomic mass is 9.82. The number of aromatic nitrogens is 3. The summed E-state index contributed by atoms with van der Waals surface area (Å²) in [5, 5.41) is 0. The summed E-state index contributed by atoms with van der Waals surface area (Å²) >= 11 is 0. The van der Waals surface area contributed by atoms with Crippen LogP contribution in [0.1, 0.15) is 39.3 Å². The molecule has 0 unspecified atom stereocenters. The first-order valence-electron chi connectivity index (χ1n) is 5.49. The van der Waals surface area contributed by atoms with Crippen LogP contribution in [0.4, 0.5) is 0 Å². The van der Waals surface area contributed by atoms with Crippen LogP contribution >= 0.6 is 0 Å². The van der Waals surface area contributed by atoms with Crippen molar-refractivity contribution in [3.8, 4) is 0 Å². The van der Waals surface area contributed by atoms with Gasteiger partial charge in [-0.2, -0.15) is 0 Å². The molecular weight excluding hydrogens is 186 g/mol. The van der Waals surface area contributed by atoms with E-state index in [0.29, 0.717) is 0 Å². The summed E-state index contributed by atoms with van der Waals surface area (Å²) in [5.41, 5.74) is 2.42. The number of imidazole rings is 1. The minimum Gasteiger partial charge on any atom is -0.301 e. The topological polar surface area (TPSA) is 30.2 Å². The Kier molecular flexibility index (Phi) is 2.47. The van der Waals surface area contributed by atoms with Crippen LogP contribution in [0.3, 0.4) is 0 Å². The van der Waals surface area contributed by atoms with Crippen LogP contribution in [0.15, 0.2) is 24.8 Å². The van der Waals surface area contributed by atoms with Crippen molar-refractivity contribution in [2.45, 2.75) is 39.0 Å². The Balaban J connectivity index is 2.61. The van der Waals surface area contributed by atoms with Crippen molar-refractivity contribution in [1.82, 2.24) is 14.4 Å². The maximum atomic E-state index is 4.38. The lowest BCUT2D eigenvalue weighted by Crippen LogP contribution is -2.21. The summed E-state index contributed by atoms with van der Waals surface area (Å²) < 4.78 is 2.14. The highest BCUT2D eigenvalue weighted by Gasteiger charge is 2.25. The van der Waals surface area contributed by atoms with Crippen molar-refractivity contribution in [2.24, 2.45) is 0 Å². The van der Waals surface area contributed by atoms with Crippen LogP contribution in [0.2, 0.25) is 0 Å². The summed E-state index contributed by atoms with van der Waals surface area (Å²) in [6, 6.07) is 0. The van der Waals surface area contributed by atoms with Crippen LogP contribution in [0.5, 0.6) is 0 Å². The highest BCUT2D eigenvalue weighted by Crippen LogP contribution is 2.30. The fourth-order valence-electron chi connectivity index (χ4n) is 1.90. The molecule has 0 bridgehead atoms. The van der Waals surface area contributed by atoms with Crippen molar-refractivity contribution in [3.05, 3.63) is 30.5 Å². The highest BCUT2D eigenvalue weighted by molar-refractivity contribution is 5.39. The zero-order valence-electron chi connectivity index (χ0n) is 9.57. The molecule has 0 aliphatic rings. The van der Waals surface area contributed by atoms with Gasteiger partial charge in [0.25, 0.3) is 0 Å². The van der Waals surface area contributed by atoms with Crippen molar-refractivity contribution < 1.29 is 0 Å². The van der Waals surface area contributed by atoms with E-state index in [4.69, 9.17) is 0 Å². The quantitative estimate of drug-likeness (QED) is 0.767. The Bertz CT molecular complexity index is 455. The third-order valence-corrected chi connectivity index (χ3v) is 3.50. The van der Waals surface area contributed by atoms with E-state index in [0.717, 1.165) is 18.5 Å². The summed E-state index contributed by atoms with van der Waals surface area (Å²) in [4.78, 5) is 8.46. The first-order valence-corrected chi connectivity index (χ1v) is 5.49. The molecule has 0 amide bonds. The Morgan fingerprint density at radius 1 is 1.27 bits per heavy atom. The van der Waals surface area contributed by atoms with Gasteiger partial charge in [-0.15, -0.1) is 0 Å². The monoisotopic (exact) mass is 203 g/mol. The van der Waals surface area contributed by atoms with Crippen molar-refractivity contribution >= 4 is 5.65 Å². The van der Waals surface area contributed by atoms with Crippen LogP contribution in [0, 0.1) is 0 Å². The summed E-state index contributed by atoms with van der Waals surface area (Å²) in [6.07, 6.45) is 9.82. The largest absolute Gasteiger partial charge is 0.301 e. The average molecular weight is 203 g/mol. The molecule has 0 fully saturated rings. The third kappa shape index (κ3) is 1.52. The van der Waals surface area contributed by atoms with E-state index >= 15 is 0 Å². The van der Waals surface area contributed by atoms with Gasteiger partial charge >= 0.3 is 0 Å². The smallest absolute Gasteiger partial charge is 0.155 e. The van der Waals surface area contributed by atoms with Gasteiger partial charge in [-0.25, -0.2) is 4.98 Å². The molecule has 0 saturated heterocycles. The summed E-state index contributed by atoms with van der Waals surface area (Å²) in [7, 11) is 0. The minimum absolute atomic E-state index is 0.209. The van der Waals surface area contributed by atoms with Gasteiger partial charge in [-0.3, -0.25) is 4.98 Å². The molecule has 2 rings (SSSR count). The summed E-state index contributed by atoms with van der Waals surface area (Å²) in [6.45, 7) is 6.74. The lowest BCUT2D eigenvalue weighted by Gasteiger charge is -2.26. The second-order valence-electron chi connectivity index (χ2n) is 4.22. The van der Waals surface area contributed by atoms with Gasteiger partial charge in [-0.05, 0) is 12.8 Å². The van der Waals surface area contributed by atoms with E-state index in [9.17, 15) is 0 Å². The number of hydrogen-bond acceptors (Lipinski definition) is 2. The van der Waals surface area contributed by atoms with Crippen LogP contribution < -0.4 is 0 Å². The van der Waals surface area contributed by atoms with Gasteiger partial charge in [-0.1, -0.05) is 20.8 Å². The van der Waals surface area contributed by atoms with Crippen molar-refractivity contribution in [1.29, 1.82) is 0 Å². The number of nitrogens with zero attached hydrogens (tertiary/aromatic N) is 3. The molecule has 0 radical (unpaired) electrons. The van der Waals surface area contributed by atoms with Gasteiger partial charge in [0.2, 0.25) is 0 Å². The predicted molar refractivity (Wildman–Crippen MR) is 60.9 cm³/mol. The number of rotatable bonds is 3. The van der Waals surface area contributed by atoms with E-state index in [1.165, 1.54) is 5.69 Å². The van der Waals surface area contributed by atoms with Crippen LogP contribution in [-0.4, -0.2) is 14.4 Å². The zero-order valence-corrected chi connectivity index (χ0v) is 9.57. The van der Waals surface area contributed by atoms with Gasteiger partial charge in [0.05, 0.1) is 6.20 Å². The van der Waals surface area contributed by atoms with Gasteiger partial charge in [0.15, 0.2) is 5.65 Å². The molecule has 0 aliphatic carbocycles. The minimum atomic E-state index is 0.209. The Hall–Kier alpha value is -1.38. The van der Waals surface area contributed by atoms with E-state index in [1.54, 1.807) is 6.20 Å². The molecule has 0 atom stereocenters. The fraction of sp³-hybridized carbons (Fsp3) is 0.500. The maximum Gasteiger partial charge on any atom is 0.155 e. The SMILES string of the molecule is CCC(C)(CC)c1cnc2cnccn12. The van der Waals surface area contributed by atoms with Gasteiger partial charge in [0.1, 0.15) is 0 Å². The number of fused-ring (bicyclic) bond motifs is 1. The molecule has 2 aromatic rings. The molecule has 80 valence electrons. The van der Waals surface area contributed by atoms with Crippen molar-refractivity contribution in [2.75, 3.05) is 0 Å².